The lowest BCUT2D eigenvalue weighted by Crippen LogP contribution is -2.36. The summed E-state index contributed by atoms with van der Waals surface area (Å²) in [4.78, 5) is 6.52. The summed E-state index contributed by atoms with van der Waals surface area (Å²) < 4.78 is 11.2. The van der Waals surface area contributed by atoms with E-state index in [-0.39, 0.29) is 0 Å². The van der Waals surface area contributed by atoms with Crippen molar-refractivity contribution in [2.24, 2.45) is 0 Å². The zero-order valence-corrected chi connectivity index (χ0v) is 13.1. The van der Waals surface area contributed by atoms with Crippen molar-refractivity contribution in [3.8, 4) is 0 Å². The first kappa shape index (κ1) is 12.8. The van der Waals surface area contributed by atoms with Crippen LogP contribution in [0.25, 0.3) is 11.1 Å². The van der Waals surface area contributed by atoms with Crippen molar-refractivity contribution in [1.29, 1.82) is 0 Å². The van der Waals surface area contributed by atoms with E-state index in [4.69, 9.17) is 20.8 Å². The van der Waals surface area contributed by atoms with Gasteiger partial charge in [0, 0.05) is 46.4 Å². The summed E-state index contributed by atoms with van der Waals surface area (Å²) in [6.07, 6.45) is 0. The lowest BCUT2D eigenvalue weighted by Gasteiger charge is -2.28. The van der Waals surface area contributed by atoms with Crippen LogP contribution in [0.1, 0.15) is 0 Å². The molecule has 0 spiro atoms. The van der Waals surface area contributed by atoms with Gasteiger partial charge in [-0.15, -0.1) is 0 Å². The van der Waals surface area contributed by atoms with Gasteiger partial charge in [0.25, 0.3) is 0 Å². The average Bonchev–Trinajstić information content (AvgIpc) is 2.81. The molecule has 18 heavy (non-hydrogen) atoms. The molecule has 2 aromatic rings. The number of aromatic nitrogens is 1. The first-order valence-corrected chi connectivity index (χ1v) is 9.23. The van der Waals surface area contributed by atoms with Gasteiger partial charge in [0.2, 0.25) is 0 Å². The average molecular weight is 397 g/mol. The van der Waals surface area contributed by atoms with E-state index in [0.717, 1.165) is 48.2 Å². The molecule has 1 aliphatic rings. The molecule has 7 heteroatoms. The number of ether oxygens (including phenoxy) is 1. The minimum Gasteiger partial charge on any atom is -0.445 e. The molecule has 0 bridgehead atoms. The van der Waals surface area contributed by atoms with Crippen molar-refractivity contribution in [2.45, 2.75) is 5.09 Å². The van der Waals surface area contributed by atoms with Crippen LogP contribution in [0, 0.1) is 0 Å². The third kappa shape index (κ3) is 2.43. The summed E-state index contributed by atoms with van der Waals surface area (Å²) in [5.74, 6) is 0. The number of nitrogens with zero attached hydrogens (tertiary/aromatic N) is 2. The molecule has 4 nitrogen and oxygen atoms in total. The molecule has 1 saturated heterocycles. The quantitative estimate of drug-likeness (QED) is 0.571. The van der Waals surface area contributed by atoms with E-state index in [1.165, 1.54) is 8.93 Å². The van der Waals surface area contributed by atoms with Crippen LogP contribution in [0.5, 0.6) is 0 Å². The van der Waals surface area contributed by atoms with E-state index < -0.39 is 0 Å². The predicted octanol–water partition coefficient (Wildman–Crippen LogP) is 3.76. The van der Waals surface area contributed by atoms with Crippen molar-refractivity contribution in [3.63, 3.8) is 0 Å². The minimum absolute atomic E-state index is 0.495. The normalized spacial score (nSPS) is 16.4. The highest BCUT2D eigenvalue weighted by atomic mass is 127. The van der Waals surface area contributed by atoms with E-state index in [2.05, 4.69) is 31.1 Å². The molecule has 1 aliphatic heterocycles. The van der Waals surface area contributed by atoms with Crippen molar-refractivity contribution >= 4 is 58.5 Å². The maximum Gasteiger partial charge on any atom is 0.177 e. The lowest BCUT2D eigenvalue weighted by molar-refractivity contribution is 0.122. The van der Waals surface area contributed by atoms with Crippen LogP contribution in [-0.2, 0) is 4.74 Å². The number of pyridine rings is 1. The molecule has 0 saturated carbocycles. The molecule has 0 amide bonds. The van der Waals surface area contributed by atoms with Gasteiger partial charge in [-0.3, -0.25) is 0 Å². The molecule has 0 aliphatic carbocycles. The third-order valence-corrected chi connectivity index (χ3v) is 4.68. The summed E-state index contributed by atoms with van der Waals surface area (Å²) >= 11 is 8.27. The van der Waals surface area contributed by atoms with E-state index in [9.17, 15) is 0 Å². The summed E-state index contributed by atoms with van der Waals surface area (Å²) in [5, 5.41) is 1.34. The van der Waals surface area contributed by atoms with Crippen molar-refractivity contribution in [1.82, 2.24) is 4.98 Å². The van der Waals surface area contributed by atoms with Crippen LogP contribution in [0.15, 0.2) is 21.6 Å². The van der Waals surface area contributed by atoms with Gasteiger partial charge in [0.1, 0.15) is 10.7 Å². The van der Waals surface area contributed by atoms with Crippen molar-refractivity contribution < 1.29 is 9.15 Å². The molecule has 2 aromatic heterocycles. The summed E-state index contributed by atoms with van der Waals surface area (Å²) in [6.45, 7) is 3.16. The highest BCUT2D eigenvalue weighted by Crippen LogP contribution is 2.36. The third-order valence-electron chi connectivity index (χ3n) is 2.83. The van der Waals surface area contributed by atoms with Gasteiger partial charge < -0.3 is 14.1 Å². The zero-order chi connectivity index (χ0) is 12.5. The number of hydrogen-bond donors (Lipinski definition) is 0. The minimum atomic E-state index is 0.495. The maximum atomic E-state index is 6.08. The summed E-state index contributed by atoms with van der Waals surface area (Å²) in [7, 11) is 1.53. The van der Waals surface area contributed by atoms with Gasteiger partial charge in [0.05, 0.1) is 18.9 Å². The Morgan fingerprint density at radius 3 is 2.83 bits per heavy atom. The Balaban J connectivity index is 2.10. The predicted molar refractivity (Wildman–Crippen MR) is 81.9 cm³/mol. The largest absolute Gasteiger partial charge is 0.445 e. The fourth-order valence-electron chi connectivity index (χ4n) is 2.03. The molecular formula is C11H10ClIN2O2S. The number of fused-ring (bicyclic) bond motifs is 1. The molecule has 0 aromatic carbocycles. The Bertz CT molecular complexity index is 571. The molecule has 1 fully saturated rings. The van der Waals surface area contributed by atoms with Crippen LogP contribution in [0.4, 0.5) is 5.69 Å². The Kier molecular flexibility index (Phi) is 3.88. The number of anilines is 1. The number of halogens is 2. The molecule has 3 heterocycles. The van der Waals surface area contributed by atoms with Crippen LogP contribution in [-0.4, -0.2) is 31.3 Å². The zero-order valence-electron chi connectivity index (χ0n) is 9.36. The molecule has 3 rings (SSSR count). The smallest absolute Gasteiger partial charge is 0.177 e. The van der Waals surface area contributed by atoms with Gasteiger partial charge in [-0.25, -0.2) is 4.98 Å². The second-order valence-corrected chi connectivity index (χ2v) is 6.19. The van der Waals surface area contributed by atoms with Crippen LogP contribution in [0.3, 0.4) is 0 Å². The van der Waals surface area contributed by atoms with Gasteiger partial charge >= 0.3 is 0 Å². The van der Waals surface area contributed by atoms with E-state index in [1.54, 1.807) is 0 Å². The molecule has 0 N–H and O–H groups in total. The molecule has 0 radical (unpaired) electrons. The first-order chi connectivity index (χ1) is 8.78. The Hall–Kier alpha value is -0.180. The topological polar surface area (TPSA) is 38.5 Å². The molecular weight excluding hydrogens is 387 g/mol. The second-order valence-electron chi connectivity index (χ2n) is 3.92. The summed E-state index contributed by atoms with van der Waals surface area (Å²) in [5.41, 5.74) is 2.62. The molecule has 0 atom stereocenters. The fraction of sp³-hybridized carbons (Fsp3) is 0.364. The SMILES string of the molecule is Clc1cc(N2CCOCC2)c2oc(SI)cc2n1. The standard InChI is InChI=1S/C11H10ClIN2O2S/c12-9-6-8(15-1-3-16-4-2-15)11-7(14-9)5-10(17-11)18-13/h5-6H,1-4H2. The first-order valence-electron chi connectivity index (χ1n) is 5.49. The van der Waals surface area contributed by atoms with E-state index in [1.807, 2.05) is 12.1 Å². The Morgan fingerprint density at radius 1 is 1.33 bits per heavy atom. The number of morpholine rings is 1. The highest BCUT2D eigenvalue weighted by Gasteiger charge is 2.18. The Morgan fingerprint density at radius 2 is 2.11 bits per heavy atom. The van der Waals surface area contributed by atoms with Gasteiger partial charge in [-0.2, -0.15) is 0 Å². The van der Waals surface area contributed by atoms with Crippen molar-refractivity contribution in [3.05, 3.63) is 17.3 Å². The molecule has 96 valence electrons. The van der Waals surface area contributed by atoms with Gasteiger partial charge in [-0.1, -0.05) is 11.6 Å². The Labute approximate surface area is 126 Å². The molecule has 0 unspecified atom stereocenters. The summed E-state index contributed by atoms with van der Waals surface area (Å²) in [6, 6.07) is 3.78. The van der Waals surface area contributed by atoms with Gasteiger partial charge in [0.15, 0.2) is 10.7 Å². The van der Waals surface area contributed by atoms with Crippen molar-refractivity contribution in [2.75, 3.05) is 31.2 Å². The van der Waals surface area contributed by atoms with Crippen LogP contribution >= 0.6 is 41.7 Å². The van der Waals surface area contributed by atoms with Gasteiger partial charge in [-0.05, 0) is 8.93 Å². The van der Waals surface area contributed by atoms with Crippen LogP contribution < -0.4 is 4.90 Å². The number of furan rings is 1. The fourth-order valence-corrected chi connectivity index (χ4v) is 3.15. The highest BCUT2D eigenvalue weighted by molar-refractivity contribution is 14.2. The monoisotopic (exact) mass is 396 g/mol. The number of rotatable bonds is 2. The van der Waals surface area contributed by atoms with E-state index in [0.29, 0.717) is 5.15 Å². The second kappa shape index (κ2) is 5.44. The van der Waals surface area contributed by atoms with E-state index >= 15 is 0 Å². The lowest BCUT2D eigenvalue weighted by atomic mass is 10.3. The maximum absolute atomic E-state index is 6.08. The number of hydrogen-bond acceptors (Lipinski definition) is 5. The van der Waals surface area contributed by atoms with Crippen LogP contribution in [0.2, 0.25) is 5.15 Å².